The second kappa shape index (κ2) is 2.43. The van der Waals surface area contributed by atoms with E-state index in [4.69, 9.17) is 9.47 Å². The first-order chi connectivity index (χ1) is 5.40. The minimum Gasteiger partial charge on any atom is -0.454 e. The summed E-state index contributed by atoms with van der Waals surface area (Å²) in [5, 5.41) is 1.78. The zero-order valence-electron chi connectivity index (χ0n) is 6.04. The maximum absolute atomic E-state index is 5.17. The Bertz CT molecular complexity index is 273. The Morgan fingerprint density at radius 2 is 2.09 bits per heavy atom. The minimum atomic E-state index is 0.329. The number of nitrogens with two attached hydrogens (primary N) is 1. The quantitative estimate of drug-likeness (QED) is 0.466. The highest BCUT2D eigenvalue weighted by atomic mass is 16.7. The van der Waals surface area contributed by atoms with Crippen molar-refractivity contribution in [3.63, 3.8) is 0 Å². The first-order valence-corrected chi connectivity index (χ1v) is 3.42. The van der Waals surface area contributed by atoms with Gasteiger partial charge in [-0.1, -0.05) is 0 Å². The molecule has 0 bridgehead atoms. The van der Waals surface area contributed by atoms with Gasteiger partial charge >= 0.3 is 0 Å². The first kappa shape index (κ1) is 6.49. The van der Waals surface area contributed by atoms with Gasteiger partial charge in [-0.3, -0.25) is 0 Å². The lowest BCUT2D eigenvalue weighted by Crippen LogP contribution is -2.69. The molecule has 1 aromatic rings. The van der Waals surface area contributed by atoms with Crippen LogP contribution in [0.2, 0.25) is 0 Å². The summed E-state index contributed by atoms with van der Waals surface area (Å²) < 4.78 is 10.3. The third kappa shape index (κ3) is 1.03. The molecule has 3 nitrogen and oxygen atoms in total. The van der Waals surface area contributed by atoms with E-state index >= 15 is 0 Å². The molecule has 0 radical (unpaired) electrons. The average molecular weight is 151 g/mol. The highest BCUT2D eigenvalue weighted by Gasteiger charge is 2.12. The van der Waals surface area contributed by atoms with E-state index in [0.717, 1.165) is 17.2 Å². The van der Waals surface area contributed by atoms with E-state index in [1.54, 1.807) is 5.32 Å². The van der Waals surface area contributed by atoms with Gasteiger partial charge in [-0.2, -0.15) is 0 Å². The van der Waals surface area contributed by atoms with Crippen molar-refractivity contribution in [1.82, 2.24) is 0 Å². The third-order valence-corrected chi connectivity index (χ3v) is 1.63. The van der Waals surface area contributed by atoms with Crippen molar-refractivity contribution in [2.45, 2.75) is 0 Å². The summed E-state index contributed by atoms with van der Waals surface area (Å²) in [6.45, 7) is 0.329. The maximum Gasteiger partial charge on any atom is 0.231 e. The van der Waals surface area contributed by atoms with Gasteiger partial charge in [0.1, 0.15) is 5.69 Å². The smallest absolute Gasteiger partial charge is 0.231 e. The number of hydrogen-bond donors (Lipinski definition) is 1. The molecule has 0 spiro atoms. The predicted molar refractivity (Wildman–Crippen MR) is 39.5 cm³/mol. The van der Waals surface area contributed by atoms with Crippen LogP contribution in [-0.4, -0.2) is 6.79 Å². The lowest BCUT2D eigenvalue weighted by atomic mass is 10.3. The second-order valence-electron chi connectivity index (χ2n) is 2.32. The Hall–Kier alpha value is -1.22. The lowest BCUT2D eigenvalue weighted by Gasteiger charge is -1.99. The van der Waals surface area contributed by atoms with Gasteiger partial charge in [0.25, 0.3) is 0 Å². The van der Waals surface area contributed by atoms with Crippen LogP contribution in [0.4, 0.5) is 5.69 Å². The highest BCUT2D eigenvalue weighted by molar-refractivity contribution is 5.49. The summed E-state index contributed by atoms with van der Waals surface area (Å²) in [7, 11) is 3.66. The fourth-order valence-electron chi connectivity index (χ4n) is 1.04. The van der Waals surface area contributed by atoms with E-state index in [1.807, 2.05) is 18.2 Å². The van der Waals surface area contributed by atoms with Crippen molar-refractivity contribution >= 4 is 5.69 Å². The minimum absolute atomic E-state index is 0.329. The molecule has 0 atom stereocenters. The summed E-state index contributed by atoms with van der Waals surface area (Å²) >= 11 is 0. The van der Waals surface area contributed by atoms with Crippen LogP contribution in [0.15, 0.2) is 18.2 Å². The SMILES string of the molecule is [CH2-][NH2+]c1ccc2c(c1)OCO2. The van der Waals surface area contributed by atoms with E-state index in [1.165, 1.54) is 0 Å². The molecule has 0 saturated carbocycles. The summed E-state index contributed by atoms with van der Waals surface area (Å²) in [6, 6.07) is 5.75. The number of fused-ring (bicyclic) bond motifs is 1. The Kier molecular flexibility index (Phi) is 1.43. The van der Waals surface area contributed by atoms with Gasteiger partial charge in [-0.25, -0.2) is 0 Å². The number of ether oxygens (including phenoxy) is 2. The summed E-state index contributed by atoms with van der Waals surface area (Å²) in [5.41, 5.74) is 1.05. The first-order valence-electron chi connectivity index (χ1n) is 3.42. The Balaban J connectivity index is 2.41. The molecule has 0 unspecified atom stereocenters. The highest BCUT2D eigenvalue weighted by Crippen LogP contribution is 2.32. The molecule has 58 valence electrons. The van der Waals surface area contributed by atoms with Crippen LogP contribution in [0, 0.1) is 7.05 Å². The molecule has 0 fully saturated rings. The van der Waals surface area contributed by atoms with Gasteiger partial charge in [-0.05, 0) is 6.07 Å². The fourth-order valence-corrected chi connectivity index (χ4v) is 1.04. The van der Waals surface area contributed by atoms with Crippen LogP contribution in [0.25, 0.3) is 0 Å². The molecular formula is C8H9NO2. The largest absolute Gasteiger partial charge is 0.454 e. The van der Waals surface area contributed by atoms with E-state index in [-0.39, 0.29) is 0 Å². The summed E-state index contributed by atoms with van der Waals surface area (Å²) in [4.78, 5) is 0. The molecule has 1 aliphatic rings. The van der Waals surface area contributed by atoms with E-state index in [2.05, 4.69) is 7.05 Å². The zero-order valence-corrected chi connectivity index (χ0v) is 6.04. The normalized spacial score (nSPS) is 13.5. The third-order valence-electron chi connectivity index (χ3n) is 1.63. The van der Waals surface area contributed by atoms with Crippen molar-refractivity contribution in [1.29, 1.82) is 0 Å². The number of quaternary nitrogens is 1. The Morgan fingerprint density at radius 1 is 1.27 bits per heavy atom. The summed E-state index contributed by atoms with van der Waals surface area (Å²) in [6.07, 6.45) is 0. The molecule has 2 rings (SSSR count). The number of benzene rings is 1. The molecule has 1 heterocycles. The predicted octanol–water partition coefficient (Wildman–Crippen LogP) is 0.402. The van der Waals surface area contributed by atoms with Crippen LogP contribution >= 0.6 is 0 Å². The monoisotopic (exact) mass is 151 g/mol. The molecule has 0 amide bonds. The second-order valence-corrected chi connectivity index (χ2v) is 2.32. The molecule has 11 heavy (non-hydrogen) atoms. The zero-order chi connectivity index (χ0) is 7.68. The van der Waals surface area contributed by atoms with Gasteiger partial charge in [-0.15, -0.1) is 7.05 Å². The lowest BCUT2D eigenvalue weighted by molar-refractivity contribution is -0.504. The molecule has 0 aliphatic carbocycles. The standard InChI is InChI=1S/C8H9NO2/c1-9-6-2-3-7-8(4-6)11-5-10-7/h2-4H,1,5,9H2. The molecule has 0 saturated heterocycles. The molecule has 1 aliphatic heterocycles. The Morgan fingerprint density at radius 3 is 2.91 bits per heavy atom. The van der Waals surface area contributed by atoms with Crippen molar-refractivity contribution < 1.29 is 14.8 Å². The van der Waals surface area contributed by atoms with Gasteiger partial charge in [0.15, 0.2) is 11.5 Å². The van der Waals surface area contributed by atoms with Crippen molar-refractivity contribution in [3.8, 4) is 11.5 Å². The topological polar surface area (TPSA) is 35.1 Å². The molecule has 3 heteroatoms. The van der Waals surface area contributed by atoms with Crippen LogP contribution in [0.3, 0.4) is 0 Å². The van der Waals surface area contributed by atoms with Crippen LogP contribution in [0.5, 0.6) is 11.5 Å². The van der Waals surface area contributed by atoms with Crippen LogP contribution in [-0.2, 0) is 0 Å². The van der Waals surface area contributed by atoms with Gasteiger partial charge < -0.3 is 14.8 Å². The Labute approximate surface area is 64.9 Å². The van der Waals surface area contributed by atoms with Gasteiger partial charge in [0.05, 0.1) is 0 Å². The van der Waals surface area contributed by atoms with Crippen LogP contribution < -0.4 is 14.8 Å². The molecular weight excluding hydrogens is 142 g/mol. The van der Waals surface area contributed by atoms with E-state index in [9.17, 15) is 0 Å². The van der Waals surface area contributed by atoms with Crippen molar-refractivity contribution in [2.24, 2.45) is 0 Å². The molecule has 1 aromatic carbocycles. The van der Waals surface area contributed by atoms with Gasteiger partial charge in [0.2, 0.25) is 6.79 Å². The number of hydrogen-bond acceptors (Lipinski definition) is 2. The van der Waals surface area contributed by atoms with Crippen molar-refractivity contribution in [3.05, 3.63) is 25.2 Å². The maximum atomic E-state index is 5.17. The van der Waals surface area contributed by atoms with Crippen LogP contribution in [0.1, 0.15) is 0 Å². The van der Waals surface area contributed by atoms with Crippen molar-refractivity contribution in [2.75, 3.05) is 6.79 Å². The average Bonchev–Trinajstić information content (AvgIpc) is 2.50. The van der Waals surface area contributed by atoms with Gasteiger partial charge in [0, 0.05) is 12.1 Å². The number of rotatable bonds is 1. The molecule has 0 aromatic heterocycles. The van der Waals surface area contributed by atoms with E-state index in [0.29, 0.717) is 6.79 Å². The fraction of sp³-hybridized carbons (Fsp3) is 0.125. The summed E-state index contributed by atoms with van der Waals surface area (Å²) in [5.74, 6) is 1.62. The molecule has 2 N–H and O–H groups in total. The van der Waals surface area contributed by atoms with E-state index < -0.39 is 0 Å².